The summed E-state index contributed by atoms with van der Waals surface area (Å²) in [5.74, 6) is 2.20. The van der Waals surface area contributed by atoms with Crippen LogP contribution in [0.3, 0.4) is 0 Å². The fraction of sp³-hybridized carbons (Fsp3) is 0.190. The first-order valence-corrected chi connectivity index (χ1v) is 8.85. The van der Waals surface area contributed by atoms with E-state index in [1.165, 1.54) is 6.33 Å². The maximum absolute atomic E-state index is 12.5. The largest absolute Gasteiger partial charge is 0.497 e. The Hall–Kier alpha value is -3.81. The lowest BCUT2D eigenvalue weighted by molar-refractivity contribution is 0.0946. The van der Waals surface area contributed by atoms with Gasteiger partial charge in [-0.1, -0.05) is 12.1 Å². The molecule has 3 rings (SSSR count). The molecule has 1 amide bonds. The smallest absolute Gasteiger partial charge is 0.270 e. The first-order chi connectivity index (χ1) is 14.1. The van der Waals surface area contributed by atoms with Gasteiger partial charge in [-0.15, -0.1) is 0 Å². The molecule has 0 aliphatic heterocycles. The van der Waals surface area contributed by atoms with E-state index in [1.54, 1.807) is 39.5 Å². The quantitative estimate of drug-likeness (QED) is 0.606. The minimum atomic E-state index is -0.298. The van der Waals surface area contributed by atoms with Crippen molar-refractivity contribution < 1.29 is 19.0 Å². The van der Waals surface area contributed by atoms with Crippen LogP contribution in [0, 0.1) is 0 Å². The molecule has 0 aliphatic carbocycles. The number of rotatable bonds is 8. The molecule has 2 N–H and O–H groups in total. The zero-order valence-electron chi connectivity index (χ0n) is 16.4. The average molecular weight is 394 g/mol. The monoisotopic (exact) mass is 394 g/mol. The number of benzene rings is 2. The lowest BCUT2D eigenvalue weighted by Crippen LogP contribution is -2.24. The lowest BCUT2D eigenvalue weighted by atomic mass is 10.2. The van der Waals surface area contributed by atoms with Crippen LogP contribution in [0.15, 0.2) is 54.9 Å². The van der Waals surface area contributed by atoms with Gasteiger partial charge in [0.15, 0.2) is 0 Å². The van der Waals surface area contributed by atoms with Gasteiger partial charge in [-0.2, -0.15) is 0 Å². The molecule has 8 nitrogen and oxygen atoms in total. The summed E-state index contributed by atoms with van der Waals surface area (Å²) in [5, 5.41) is 5.97. The van der Waals surface area contributed by atoms with Crippen LogP contribution in [0.4, 0.5) is 11.5 Å². The summed E-state index contributed by atoms with van der Waals surface area (Å²) < 4.78 is 15.7. The van der Waals surface area contributed by atoms with E-state index in [4.69, 9.17) is 14.2 Å². The Bertz CT molecular complexity index is 977. The zero-order valence-corrected chi connectivity index (χ0v) is 16.4. The van der Waals surface area contributed by atoms with E-state index in [-0.39, 0.29) is 11.6 Å². The number of nitrogens with one attached hydrogen (secondary N) is 2. The maximum atomic E-state index is 12.5. The number of aromatic nitrogens is 2. The molecule has 0 saturated carbocycles. The van der Waals surface area contributed by atoms with Crippen molar-refractivity contribution in [3.05, 3.63) is 66.1 Å². The second-order valence-electron chi connectivity index (χ2n) is 6.01. The van der Waals surface area contributed by atoms with E-state index in [0.717, 1.165) is 11.3 Å². The predicted molar refractivity (Wildman–Crippen MR) is 109 cm³/mol. The number of nitrogens with zero attached hydrogens (tertiary/aromatic N) is 2. The number of ether oxygens (including phenoxy) is 3. The fourth-order valence-electron chi connectivity index (χ4n) is 2.61. The highest BCUT2D eigenvalue weighted by Gasteiger charge is 2.11. The lowest BCUT2D eigenvalue weighted by Gasteiger charge is -2.12. The highest BCUT2D eigenvalue weighted by molar-refractivity contribution is 5.93. The molecule has 0 aliphatic rings. The molecule has 0 atom stereocenters. The van der Waals surface area contributed by atoms with Crippen molar-refractivity contribution in [3.8, 4) is 17.2 Å². The first-order valence-electron chi connectivity index (χ1n) is 8.85. The summed E-state index contributed by atoms with van der Waals surface area (Å²) in [5.41, 5.74) is 1.90. The van der Waals surface area contributed by atoms with Crippen molar-refractivity contribution in [1.82, 2.24) is 15.3 Å². The van der Waals surface area contributed by atoms with Gasteiger partial charge in [0.25, 0.3) is 5.91 Å². The normalized spacial score (nSPS) is 10.2. The Morgan fingerprint density at radius 3 is 2.31 bits per heavy atom. The highest BCUT2D eigenvalue weighted by atomic mass is 16.5. The molecule has 1 aromatic heterocycles. The van der Waals surface area contributed by atoms with Gasteiger partial charge in [-0.3, -0.25) is 4.79 Å². The van der Waals surface area contributed by atoms with Crippen LogP contribution in [-0.4, -0.2) is 37.2 Å². The van der Waals surface area contributed by atoms with Crippen molar-refractivity contribution in [3.63, 3.8) is 0 Å². The highest BCUT2D eigenvalue weighted by Crippen LogP contribution is 2.30. The van der Waals surface area contributed by atoms with E-state index in [2.05, 4.69) is 20.6 Å². The van der Waals surface area contributed by atoms with Crippen molar-refractivity contribution >= 4 is 17.4 Å². The van der Waals surface area contributed by atoms with Crippen LogP contribution in [0.25, 0.3) is 0 Å². The number of hydrogen-bond donors (Lipinski definition) is 2. The van der Waals surface area contributed by atoms with E-state index in [0.29, 0.717) is 29.5 Å². The van der Waals surface area contributed by atoms with Crippen LogP contribution in [0.5, 0.6) is 17.2 Å². The van der Waals surface area contributed by atoms with Crippen LogP contribution in [0.2, 0.25) is 0 Å². The first kappa shape index (κ1) is 19.9. The molecule has 0 spiro atoms. The summed E-state index contributed by atoms with van der Waals surface area (Å²) >= 11 is 0. The van der Waals surface area contributed by atoms with Gasteiger partial charge < -0.3 is 24.8 Å². The molecule has 1 heterocycles. The molecule has 0 unspecified atom stereocenters. The van der Waals surface area contributed by atoms with E-state index in [9.17, 15) is 4.79 Å². The van der Waals surface area contributed by atoms with Crippen molar-refractivity contribution in [1.29, 1.82) is 0 Å². The molecule has 29 heavy (non-hydrogen) atoms. The number of amides is 1. The van der Waals surface area contributed by atoms with Gasteiger partial charge in [0, 0.05) is 18.7 Å². The minimum Gasteiger partial charge on any atom is -0.497 e. The molecule has 0 radical (unpaired) electrons. The Labute approximate surface area is 168 Å². The molecule has 2 aromatic carbocycles. The minimum absolute atomic E-state index is 0.253. The Morgan fingerprint density at radius 2 is 1.62 bits per heavy atom. The number of anilines is 2. The van der Waals surface area contributed by atoms with Gasteiger partial charge in [0.05, 0.1) is 27.0 Å². The number of carbonyl (C=O) groups is 1. The molecular formula is C21H22N4O4. The Morgan fingerprint density at radius 1 is 0.897 bits per heavy atom. The van der Waals surface area contributed by atoms with E-state index in [1.807, 2.05) is 30.3 Å². The zero-order chi connectivity index (χ0) is 20.6. The molecule has 0 fully saturated rings. The molecule has 150 valence electrons. The van der Waals surface area contributed by atoms with Crippen LogP contribution in [0.1, 0.15) is 16.1 Å². The third-order valence-electron chi connectivity index (χ3n) is 4.18. The summed E-state index contributed by atoms with van der Waals surface area (Å²) in [4.78, 5) is 20.7. The fourth-order valence-corrected chi connectivity index (χ4v) is 2.61. The standard InChI is InChI=1S/C21H22N4O4/c1-27-15-6-4-14(5-7-15)12-22-21(26)18-11-20(24-13-23-18)25-17-9-8-16(28-2)10-19(17)29-3/h4-11,13H,12H2,1-3H3,(H,22,26)(H,23,24,25). The summed E-state index contributed by atoms with van der Waals surface area (Å²) in [6.45, 7) is 0.377. The second kappa shape index (κ2) is 9.41. The van der Waals surface area contributed by atoms with Crippen molar-refractivity contribution in [2.75, 3.05) is 26.6 Å². The number of hydrogen-bond acceptors (Lipinski definition) is 7. The van der Waals surface area contributed by atoms with Gasteiger partial charge in [-0.25, -0.2) is 9.97 Å². The Balaban J connectivity index is 1.67. The molecule has 0 saturated heterocycles. The molecule has 8 heteroatoms. The number of methoxy groups -OCH3 is 3. The third-order valence-corrected chi connectivity index (χ3v) is 4.18. The summed E-state index contributed by atoms with van der Waals surface area (Å²) in [6.07, 6.45) is 1.33. The Kier molecular flexibility index (Phi) is 6.47. The topological polar surface area (TPSA) is 94.6 Å². The maximum Gasteiger partial charge on any atom is 0.270 e. The van der Waals surface area contributed by atoms with Crippen LogP contribution in [-0.2, 0) is 6.54 Å². The van der Waals surface area contributed by atoms with Crippen LogP contribution >= 0.6 is 0 Å². The summed E-state index contributed by atoms with van der Waals surface area (Å²) in [6, 6.07) is 14.4. The molecule has 3 aromatic rings. The molecule has 0 bridgehead atoms. The SMILES string of the molecule is COc1ccc(CNC(=O)c2cc(Nc3ccc(OC)cc3OC)ncn2)cc1. The van der Waals surface area contributed by atoms with E-state index < -0.39 is 0 Å². The van der Waals surface area contributed by atoms with E-state index >= 15 is 0 Å². The van der Waals surface area contributed by atoms with Gasteiger partial charge in [0.1, 0.15) is 35.1 Å². The van der Waals surface area contributed by atoms with Gasteiger partial charge in [-0.05, 0) is 29.8 Å². The second-order valence-corrected chi connectivity index (χ2v) is 6.01. The van der Waals surface area contributed by atoms with Crippen molar-refractivity contribution in [2.24, 2.45) is 0 Å². The molecular weight excluding hydrogens is 372 g/mol. The predicted octanol–water partition coefficient (Wildman–Crippen LogP) is 3.18. The van der Waals surface area contributed by atoms with Crippen LogP contribution < -0.4 is 24.8 Å². The third kappa shape index (κ3) is 5.13. The van der Waals surface area contributed by atoms with Crippen molar-refractivity contribution in [2.45, 2.75) is 6.54 Å². The van der Waals surface area contributed by atoms with Gasteiger partial charge >= 0.3 is 0 Å². The van der Waals surface area contributed by atoms with Gasteiger partial charge in [0.2, 0.25) is 0 Å². The number of carbonyl (C=O) groups excluding carboxylic acids is 1. The average Bonchev–Trinajstić information content (AvgIpc) is 2.78. The summed E-state index contributed by atoms with van der Waals surface area (Å²) in [7, 11) is 4.76.